The van der Waals surface area contributed by atoms with Crippen LogP contribution in [0.5, 0.6) is 0 Å². The smallest absolute Gasteiger partial charge is 0.294 e. The molecular weight excluding hydrogens is 365 g/mol. The Morgan fingerprint density at radius 2 is 1.82 bits per heavy atom. The molecule has 0 fully saturated rings. The second-order valence-corrected chi connectivity index (χ2v) is 5.33. The Morgan fingerprint density at radius 1 is 1.24 bits per heavy atom. The molecule has 94 valence electrons. The fourth-order valence-electron chi connectivity index (χ4n) is 1.25. The fraction of sp³-hybridized carbons (Fsp3) is 0.364. The first-order valence-corrected chi connectivity index (χ1v) is 6.35. The summed E-state index contributed by atoms with van der Waals surface area (Å²) in [5.41, 5.74) is 1.18. The molecule has 17 heavy (non-hydrogen) atoms. The lowest BCUT2D eigenvalue weighted by Crippen LogP contribution is -2.11. The molecule has 0 amide bonds. The van der Waals surface area contributed by atoms with E-state index in [1.54, 1.807) is 6.07 Å². The van der Waals surface area contributed by atoms with E-state index in [9.17, 15) is 18.0 Å². The van der Waals surface area contributed by atoms with Crippen LogP contribution in [-0.4, -0.2) is 12.0 Å². The molecule has 0 unspecified atom stereocenters. The van der Waals surface area contributed by atoms with Gasteiger partial charge in [0.2, 0.25) is 0 Å². The van der Waals surface area contributed by atoms with Gasteiger partial charge < -0.3 is 0 Å². The lowest BCUT2D eigenvalue weighted by atomic mass is 10.1. The Kier molecular flexibility index (Phi) is 4.77. The molecule has 1 aromatic carbocycles. The molecule has 0 radical (unpaired) electrons. The Bertz CT molecular complexity index is 441. The third-order valence-electron chi connectivity index (χ3n) is 2.18. The quantitative estimate of drug-likeness (QED) is 0.678. The van der Waals surface area contributed by atoms with Gasteiger partial charge in [0.15, 0.2) is 5.78 Å². The summed E-state index contributed by atoms with van der Waals surface area (Å²) in [6.45, 7) is 1.83. The first-order chi connectivity index (χ1) is 7.70. The van der Waals surface area contributed by atoms with E-state index in [1.165, 1.54) is 6.07 Å². The van der Waals surface area contributed by atoms with Crippen LogP contribution in [-0.2, 0) is 0 Å². The summed E-state index contributed by atoms with van der Waals surface area (Å²) in [4.78, 5) is 11.6. The minimum Gasteiger partial charge on any atom is -0.294 e. The van der Waals surface area contributed by atoms with Crippen molar-refractivity contribution in [2.45, 2.75) is 25.9 Å². The molecule has 0 atom stereocenters. The SMILES string of the molecule is Cc1cc(Br)c(C(=O)CCC(F)(F)F)cc1Br. The van der Waals surface area contributed by atoms with Gasteiger partial charge in [-0.3, -0.25) is 4.79 Å². The van der Waals surface area contributed by atoms with Crippen molar-refractivity contribution in [3.05, 3.63) is 32.2 Å². The van der Waals surface area contributed by atoms with Crippen molar-refractivity contribution in [3.63, 3.8) is 0 Å². The molecule has 1 aromatic rings. The zero-order valence-corrected chi connectivity index (χ0v) is 12.0. The van der Waals surface area contributed by atoms with E-state index in [2.05, 4.69) is 31.9 Å². The Labute approximate surface area is 114 Å². The highest BCUT2D eigenvalue weighted by Crippen LogP contribution is 2.28. The van der Waals surface area contributed by atoms with Gasteiger partial charge in [0.1, 0.15) is 0 Å². The molecule has 0 aromatic heterocycles. The number of alkyl halides is 3. The molecule has 0 N–H and O–H groups in total. The predicted molar refractivity (Wildman–Crippen MR) is 66.2 cm³/mol. The number of carbonyl (C=O) groups is 1. The third kappa shape index (κ3) is 4.43. The van der Waals surface area contributed by atoms with Gasteiger partial charge in [-0.05, 0) is 24.6 Å². The lowest BCUT2D eigenvalue weighted by Gasteiger charge is -2.08. The van der Waals surface area contributed by atoms with E-state index < -0.39 is 24.8 Å². The molecular formula is C11H9Br2F3O. The van der Waals surface area contributed by atoms with E-state index in [0.29, 0.717) is 8.95 Å². The molecule has 0 aliphatic heterocycles. The predicted octanol–water partition coefficient (Wildman–Crippen LogP) is 5.05. The average molecular weight is 374 g/mol. The third-order valence-corrected chi connectivity index (χ3v) is 3.69. The summed E-state index contributed by atoms with van der Waals surface area (Å²) in [7, 11) is 0. The molecule has 1 nitrogen and oxygen atoms in total. The molecule has 0 heterocycles. The van der Waals surface area contributed by atoms with Crippen molar-refractivity contribution in [3.8, 4) is 0 Å². The van der Waals surface area contributed by atoms with Crippen molar-refractivity contribution in [1.82, 2.24) is 0 Å². The molecule has 1 rings (SSSR count). The molecule has 0 aliphatic carbocycles. The van der Waals surface area contributed by atoms with E-state index in [-0.39, 0.29) is 5.56 Å². The Morgan fingerprint density at radius 3 is 2.35 bits per heavy atom. The largest absolute Gasteiger partial charge is 0.389 e. The summed E-state index contributed by atoms with van der Waals surface area (Å²) in [6, 6.07) is 3.24. The minimum atomic E-state index is -4.30. The molecule has 0 saturated heterocycles. The number of aryl methyl sites for hydroxylation is 1. The first-order valence-electron chi connectivity index (χ1n) is 4.76. The van der Waals surface area contributed by atoms with Gasteiger partial charge in [-0.2, -0.15) is 13.2 Å². The number of hydrogen-bond acceptors (Lipinski definition) is 1. The van der Waals surface area contributed by atoms with Crippen molar-refractivity contribution < 1.29 is 18.0 Å². The normalized spacial score (nSPS) is 11.6. The summed E-state index contributed by atoms with van der Waals surface area (Å²) in [5, 5.41) is 0. The van der Waals surface area contributed by atoms with Gasteiger partial charge in [0.25, 0.3) is 0 Å². The van der Waals surface area contributed by atoms with Gasteiger partial charge in [0.05, 0.1) is 6.42 Å². The number of hydrogen-bond donors (Lipinski definition) is 0. The maximum absolute atomic E-state index is 12.0. The van der Waals surface area contributed by atoms with E-state index in [1.807, 2.05) is 6.92 Å². The van der Waals surface area contributed by atoms with Crippen molar-refractivity contribution in [1.29, 1.82) is 0 Å². The average Bonchev–Trinajstić information content (AvgIpc) is 2.19. The maximum Gasteiger partial charge on any atom is 0.389 e. The molecule has 0 spiro atoms. The molecule has 0 aliphatic rings. The summed E-state index contributed by atoms with van der Waals surface area (Å²) in [6.07, 6.45) is -5.93. The minimum absolute atomic E-state index is 0.270. The lowest BCUT2D eigenvalue weighted by molar-refractivity contribution is -0.133. The van der Waals surface area contributed by atoms with Gasteiger partial charge in [-0.15, -0.1) is 0 Å². The van der Waals surface area contributed by atoms with Crippen LogP contribution in [0, 0.1) is 6.92 Å². The van der Waals surface area contributed by atoms with Crippen LogP contribution in [0.3, 0.4) is 0 Å². The van der Waals surface area contributed by atoms with Crippen LogP contribution < -0.4 is 0 Å². The summed E-state index contributed by atoms with van der Waals surface area (Å²) >= 11 is 6.42. The highest BCUT2D eigenvalue weighted by atomic mass is 79.9. The molecule has 0 bridgehead atoms. The molecule has 6 heteroatoms. The van der Waals surface area contributed by atoms with E-state index >= 15 is 0 Å². The second kappa shape index (κ2) is 5.52. The number of halogens is 5. The zero-order chi connectivity index (χ0) is 13.2. The topological polar surface area (TPSA) is 17.1 Å². The second-order valence-electron chi connectivity index (χ2n) is 3.62. The van der Waals surface area contributed by atoms with Crippen molar-refractivity contribution in [2.24, 2.45) is 0 Å². The summed E-state index contributed by atoms with van der Waals surface area (Å²) < 4.78 is 37.2. The fourth-order valence-corrected chi connectivity index (χ4v) is 2.27. The number of rotatable bonds is 3. The monoisotopic (exact) mass is 372 g/mol. The Balaban J connectivity index is 2.86. The van der Waals surface area contributed by atoms with Gasteiger partial charge in [-0.1, -0.05) is 31.9 Å². The highest BCUT2D eigenvalue weighted by Gasteiger charge is 2.28. The van der Waals surface area contributed by atoms with Gasteiger partial charge >= 0.3 is 6.18 Å². The van der Waals surface area contributed by atoms with Gasteiger partial charge in [0, 0.05) is 20.9 Å². The highest BCUT2D eigenvalue weighted by molar-refractivity contribution is 9.11. The van der Waals surface area contributed by atoms with E-state index in [0.717, 1.165) is 5.56 Å². The number of benzene rings is 1. The summed E-state index contributed by atoms with van der Waals surface area (Å²) in [5.74, 6) is -0.519. The van der Waals surface area contributed by atoms with Gasteiger partial charge in [-0.25, -0.2) is 0 Å². The number of Topliss-reactive ketones (excluding diaryl/α,β-unsaturated/α-hetero) is 1. The van der Waals surface area contributed by atoms with Crippen LogP contribution in [0.1, 0.15) is 28.8 Å². The van der Waals surface area contributed by atoms with Crippen LogP contribution in [0.4, 0.5) is 13.2 Å². The number of ketones is 1. The van der Waals surface area contributed by atoms with E-state index in [4.69, 9.17) is 0 Å². The van der Waals surface area contributed by atoms with Crippen LogP contribution >= 0.6 is 31.9 Å². The van der Waals surface area contributed by atoms with Crippen LogP contribution in [0.25, 0.3) is 0 Å². The maximum atomic E-state index is 12.0. The van der Waals surface area contributed by atoms with Crippen LogP contribution in [0.15, 0.2) is 21.1 Å². The first kappa shape index (κ1) is 14.7. The van der Waals surface area contributed by atoms with Crippen molar-refractivity contribution in [2.75, 3.05) is 0 Å². The molecule has 0 saturated carbocycles. The standard InChI is InChI=1S/C11H9Br2F3O/c1-6-4-9(13)7(5-8(6)12)10(17)2-3-11(14,15)16/h4-5H,2-3H2,1H3. The number of carbonyl (C=O) groups excluding carboxylic acids is 1. The zero-order valence-electron chi connectivity index (χ0n) is 8.87. The van der Waals surface area contributed by atoms with Crippen LogP contribution in [0.2, 0.25) is 0 Å². The van der Waals surface area contributed by atoms with Crippen molar-refractivity contribution >= 4 is 37.6 Å². The Hall–Kier alpha value is -0.360.